The zero-order valence-corrected chi connectivity index (χ0v) is 18.7. The van der Waals surface area contributed by atoms with Crippen LogP contribution in [0.3, 0.4) is 0 Å². The van der Waals surface area contributed by atoms with Crippen LogP contribution in [0.5, 0.6) is 0 Å². The molecule has 2 heterocycles. The Balaban J connectivity index is 0.00000312. The Hall–Kier alpha value is -0.540. The van der Waals surface area contributed by atoms with Gasteiger partial charge in [0.05, 0.1) is 16.9 Å². The summed E-state index contributed by atoms with van der Waals surface area (Å²) in [5.74, 6) is 0.897. The molecule has 0 saturated carbocycles. The smallest absolute Gasteiger partial charge is 0.309 e. The molecule has 1 aromatic rings. The fraction of sp³-hybridized carbons (Fsp3) is 0.647. The highest BCUT2D eigenvalue weighted by molar-refractivity contribution is 14.0. The molecule has 1 N–H and O–H groups in total. The summed E-state index contributed by atoms with van der Waals surface area (Å²) in [5.41, 5.74) is 0. The van der Waals surface area contributed by atoms with Gasteiger partial charge in [-0.05, 0) is 38.8 Å². The molecule has 1 aromatic heterocycles. The molecule has 25 heavy (non-hydrogen) atoms. The van der Waals surface area contributed by atoms with Gasteiger partial charge in [0.1, 0.15) is 0 Å². The Labute approximate surface area is 176 Å². The number of guanidine groups is 1. The van der Waals surface area contributed by atoms with E-state index in [9.17, 15) is 4.79 Å². The summed E-state index contributed by atoms with van der Waals surface area (Å²) in [6.07, 6.45) is 2.54. The lowest BCUT2D eigenvalue weighted by Crippen LogP contribution is -2.46. The number of carbonyl (C=O) groups is 1. The number of aliphatic imine (C=N–C) groups is 1. The summed E-state index contributed by atoms with van der Waals surface area (Å²) in [6.45, 7) is 7.61. The lowest BCUT2D eigenvalue weighted by molar-refractivity contribution is -0.149. The molecule has 0 aromatic carbocycles. The summed E-state index contributed by atoms with van der Waals surface area (Å²) >= 11 is 7.57. The number of hydrogen-bond donors (Lipinski definition) is 1. The molecule has 1 fully saturated rings. The average molecular weight is 500 g/mol. The first-order chi connectivity index (χ1) is 11.6. The first-order valence-electron chi connectivity index (χ1n) is 8.58. The standard InChI is InChI=1S/C17H26ClN3O2S.HI/c1-3-19-17(20-10-7-14-5-6-15(18)24-14)21-11-8-13(9-12-21)16(22)23-4-2;/h5-6,13H,3-4,7-12H2,1-2H3,(H,19,20);1H. The van der Waals surface area contributed by atoms with Gasteiger partial charge in [0.15, 0.2) is 5.96 Å². The second-order valence-electron chi connectivity index (χ2n) is 5.70. The lowest BCUT2D eigenvalue weighted by atomic mass is 9.97. The molecule has 2 rings (SSSR count). The lowest BCUT2D eigenvalue weighted by Gasteiger charge is -2.33. The summed E-state index contributed by atoms with van der Waals surface area (Å²) in [7, 11) is 0. The Morgan fingerprint density at radius 2 is 2.12 bits per heavy atom. The molecule has 0 atom stereocenters. The highest BCUT2D eigenvalue weighted by atomic mass is 127. The topological polar surface area (TPSA) is 53.9 Å². The van der Waals surface area contributed by atoms with Crippen molar-refractivity contribution < 1.29 is 9.53 Å². The number of hydrogen-bond acceptors (Lipinski definition) is 4. The van der Waals surface area contributed by atoms with E-state index in [1.54, 1.807) is 11.3 Å². The van der Waals surface area contributed by atoms with Crippen LogP contribution in [0.25, 0.3) is 0 Å². The van der Waals surface area contributed by atoms with Gasteiger partial charge in [-0.2, -0.15) is 0 Å². The maximum absolute atomic E-state index is 11.8. The average Bonchev–Trinajstić information content (AvgIpc) is 3.00. The van der Waals surface area contributed by atoms with Gasteiger partial charge in [0, 0.05) is 37.5 Å². The van der Waals surface area contributed by atoms with Gasteiger partial charge in [-0.1, -0.05) is 11.6 Å². The number of rotatable bonds is 6. The largest absolute Gasteiger partial charge is 0.466 e. The fourth-order valence-corrected chi connectivity index (χ4v) is 3.85. The minimum Gasteiger partial charge on any atom is -0.466 e. The van der Waals surface area contributed by atoms with Crippen molar-refractivity contribution in [2.75, 3.05) is 32.8 Å². The van der Waals surface area contributed by atoms with Gasteiger partial charge in [0.25, 0.3) is 0 Å². The number of esters is 1. The first kappa shape index (κ1) is 22.5. The van der Waals surface area contributed by atoms with Crippen LogP contribution in [-0.2, 0) is 16.0 Å². The molecule has 1 saturated heterocycles. The summed E-state index contributed by atoms with van der Waals surface area (Å²) in [5, 5.41) is 3.35. The van der Waals surface area contributed by atoms with Crippen LogP contribution in [0.4, 0.5) is 0 Å². The van der Waals surface area contributed by atoms with Crippen molar-refractivity contribution in [2.45, 2.75) is 33.1 Å². The third-order valence-electron chi connectivity index (χ3n) is 4.00. The monoisotopic (exact) mass is 499 g/mol. The van der Waals surface area contributed by atoms with E-state index in [-0.39, 0.29) is 35.9 Å². The van der Waals surface area contributed by atoms with E-state index < -0.39 is 0 Å². The second kappa shape index (κ2) is 12.0. The van der Waals surface area contributed by atoms with Gasteiger partial charge in [-0.15, -0.1) is 35.3 Å². The predicted molar refractivity (Wildman–Crippen MR) is 115 cm³/mol. The van der Waals surface area contributed by atoms with Crippen LogP contribution in [0, 0.1) is 5.92 Å². The molecule has 8 heteroatoms. The highest BCUT2D eigenvalue weighted by Crippen LogP contribution is 2.22. The van der Waals surface area contributed by atoms with Gasteiger partial charge in [0.2, 0.25) is 0 Å². The molecular weight excluding hydrogens is 473 g/mol. The van der Waals surface area contributed by atoms with Crippen molar-refractivity contribution in [1.82, 2.24) is 10.2 Å². The summed E-state index contributed by atoms with van der Waals surface area (Å²) < 4.78 is 5.95. The van der Waals surface area contributed by atoms with Crippen LogP contribution < -0.4 is 5.32 Å². The van der Waals surface area contributed by atoms with E-state index in [1.807, 2.05) is 13.0 Å². The van der Waals surface area contributed by atoms with Crippen molar-refractivity contribution >= 4 is 58.8 Å². The SMILES string of the molecule is CCNC(=NCCc1ccc(Cl)s1)N1CCC(C(=O)OCC)CC1.I. The van der Waals surface area contributed by atoms with Gasteiger partial charge >= 0.3 is 5.97 Å². The number of nitrogens with zero attached hydrogens (tertiary/aromatic N) is 2. The maximum Gasteiger partial charge on any atom is 0.309 e. The quantitative estimate of drug-likeness (QED) is 0.280. The zero-order chi connectivity index (χ0) is 17.4. The van der Waals surface area contributed by atoms with Crippen LogP contribution in [-0.4, -0.2) is 49.6 Å². The number of carbonyl (C=O) groups excluding carboxylic acids is 1. The molecule has 142 valence electrons. The number of thiophene rings is 1. The Morgan fingerprint density at radius 1 is 1.40 bits per heavy atom. The van der Waals surface area contributed by atoms with Gasteiger partial charge in [-0.3, -0.25) is 9.79 Å². The fourth-order valence-electron chi connectivity index (χ4n) is 2.77. The molecule has 1 aliphatic rings. The van der Waals surface area contributed by atoms with Crippen LogP contribution in [0.15, 0.2) is 17.1 Å². The van der Waals surface area contributed by atoms with E-state index >= 15 is 0 Å². The van der Waals surface area contributed by atoms with E-state index in [1.165, 1.54) is 4.88 Å². The normalized spacial score (nSPS) is 15.6. The molecule has 5 nitrogen and oxygen atoms in total. The Kier molecular flexibility index (Phi) is 10.8. The van der Waals surface area contributed by atoms with E-state index in [0.717, 1.165) is 55.7 Å². The van der Waals surface area contributed by atoms with Crippen molar-refractivity contribution in [3.05, 3.63) is 21.3 Å². The van der Waals surface area contributed by atoms with Crippen LogP contribution in [0.1, 0.15) is 31.6 Å². The second-order valence-corrected chi connectivity index (χ2v) is 7.50. The maximum atomic E-state index is 11.8. The van der Waals surface area contributed by atoms with Crippen molar-refractivity contribution in [1.29, 1.82) is 0 Å². The van der Waals surface area contributed by atoms with Crippen molar-refractivity contribution in [3.63, 3.8) is 0 Å². The number of piperidine rings is 1. The van der Waals surface area contributed by atoms with Crippen molar-refractivity contribution in [2.24, 2.45) is 10.9 Å². The molecule has 0 bridgehead atoms. The predicted octanol–water partition coefficient (Wildman–Crippen LogP) is 3.80. The molecule has 1 aliphatic heterocycles. The minimum absolute atomic E-state index is 0. The van der Waals surface area contributed by atoms with Crippen LogP contribution in [0.2, 0.25) is 4.34 Å². The van der Waals surface area contributed by atoms with Crippen molar-refractivity contribution in [3.8, 4) is 0 Å². The third-order valence-corrected chi connectivity index (χ3v) is 5.29. The van der Waals surface area contributed by atoms with Crippen LogP contribution >= 0.6 is 46.9 Å². The molecule has 0 spiro atoms. The minimum atomic E-state index is -0.0614. The van der Waals surface area contributed by atoms with Gasteiger partial charge in [-0.25, -0.2) is 0 Å². The Morgan fingerprint density at radius 3 is 2.68 bits per heavy atom. The third kappa shape index (κ3) is 7.30. The number of halogens is 2. The number of likely N-dealkylation sites (tertiary alicyclic amines) is 1. The zero-order valence-electron chi connectivity index (χ0n) is 14.8. The molecule has 0 amide bonds. The molecule has 0 radical (unpaired) electrons. The van der Waals surface area contributed by atoms with Gasteiger partial charge < -0.3 is 15.0 Å². The first-order valence-corrected chi connectivity index (χ1v) is 9.77. The molecule has 0 unspecified atom stereocenters. The highest BCUT2D eigenvalue weighted by Gasteiger charge is 2.27. The summed E-state index contributed by atoms with van der Waals surface area (Å²) in [4.78, 5) is 20.0. The molecular formula is C17H27ClIN3O2S. The van der Waals surface area contributed by atoms with E-state index in [4.69, 9.17) is 21.3 Å². The van der Waals surface area contributed by atoms with E-state index in [2.05, 4.69) is 23.2 Å². The Bertz CT molecular complexity index is 560. The molecule has 0 aliphatic carbocycles. The summed E-state index contributed by atoms with van der Waals surface area (Å²) in [6, 6.07) is 3.98. The number of ether oxygens (including phenoxy) is 1. The number of nitrogens with one attached hydrogen (secondary N) is 1. The van der Waals surface area contributed by atoms with E-state index in [0.29, 0.717) is 6.61 Å².